The fourth-order valence-electron chi connectivity index (χ4n) is 0.823. The van der Waals surface area contributed by atoms with Crippen molar-refractivity contribution in [1.82, 2.24) is 5.32 Å². The average molecular weight is 139 g/mol. The summed E-state index contributed by atoms with van der Waals surface area (Å²) in [5.74, 6) is 0.992. The van der Waals surface area contributed by atoms with Gasteiger partial charge in [-0.3, -0.25) is 0 Å². The Bertz CT molecular complexity index is 170. The molecule has 0 atom stereocenters. The van der Waals surface area contributed by atoms with Gasteiger partial charge < -0.3 is 10.1 Å². The highest BCUT2D eigenvalue weighted by Gasteiger charge is 2.00. The summed E-state index contributed by atoms with van der Waals surface area (Å²) in [4.78, 5) is 0. The summed E-state index contributed by atoms with van der Waals surface area (Å²) < 4.78 is 5.27. The molecule has 56 valence electrons. The molecule has 2 heteroatoms. The minimum atomic E-state index is 0.836. The van der Waals surface area contributed by atoms with Crippen LogP contribution in [0, 0.1) is 0 Å². The second-order valence-corrected chi connectivity index (χ2v) is 2.32. The van der Waals surface area contributed by atoms with Gasteiger partial charge in [-0.05, 0) is 19.1 Å². The molecule has 0 fully saturated rings. The molecule has 1 aliphatic rings. The maximum atomic E-state index is 5.27. The van der Waals surface area contributed by atoms with E-state index in [2.05, 4.69) is 11.4 Å². The monoisotopic (exact) mass is 139 g/mol. The Morgan fingerprint density at radius 1 is 1.80 bits per heavy atom. The van der Waals surface area contributed by atoms with E-state index in [4.69, 9.17) is 4.74 Å². The average Bonchev–Trinajstić information content (AvgIpc) is 2.40. The first kappa shape index (κ1) is 7.19. The van der Waals surface area contributed by atoms with Gasteiger partial charge in [-0.1, -0.05) is 0 Å². The van der Waals surface area contributed by atoms with E-state index in [-0.39, 0.29) is 0 Å². The van der Waals surface area contributed by atoms with Gasteiger partial charge in [0.25, 0.3) is 0 Å². The molecule has 0 saturated carbocycles. The van der Waals surface area contributed by atoms with E-state index < -0.39 is 0 Å². The number of rotatable bonds is 2. The summed E-state index contributed by atoms with van der Waals surface area (Å²) >= 11 is 0. The molecular weight excluding hydrogens is 126 g/mol. The van der Waals surface area contributed by atoms with Crippen molar-refractivity contribution in [3.8, 4) is 0 Å². The molecule has 2 nitrogen and oxygen atoms in total. The molecule has 1 rings (SSSR count). The van der Waals surface area contributed by atoms with Crippen LogP contribution in [-0.4, -0.2) is 13.7 Å². The maximum Gasteiger partial charge on any atom is 0.117 e. The van der Waals surface area contributed by atoms with E-state index in [0.717, 1.165) is 24.5 Å². The molecule has 1 N–H and O–H groups in total. The summed E-state index contributed by atoms with van der Waals surface area (Å²) in [6.45, 7) is 2.85. The van der Waals surface area contributed by atoms with Crippen LogP contribution in [0.2, 0.25) is 0 Å². The zero-order valence-electron chi connectivity index (χ0n) is 6.48. The Hall–Kier alpha value is -0.920. The van der Waals surface area contributed by atoms with Crippen molar-refractivity contribution in [3.05, 3.63) is 23.6 Å². The second-order valence-electron chi connectivity index (χ2n) is 2.32. The van der Waals surface area contributed by atoms with Gasteiger partial charge in [0.1, 0.15) is 5.76 Å². The van der Waals surface area contributed by atoms with E-state index in [1.54, 1.807) is 0 Å². The van der Waals surface area contributed by atoms with Crippen LogP contribution in [-0.2, 0) is 4.74 Å². The van der Waals surface area contributed by atoms with Gasteiger partial charge in [0, 0.05) is 19.2 Å². The van der Waals surface area contributed by atoms with Crippen LogP contribution in [0.4, 0.5) is 0 Å². The lowest BCUT2D eigenvalue weighted by molar-refractivity contribution is 0.256. The van der Waals surface area contributed by atoms with Crippen molar-refractivity contribution in [1.29, 1.82) is 0 Å². The van der Waals surface area contributed by atoms with Gasteiger partial charge >= 0.3 is 0 Å². The van der Waals surface area contributed by atoms with Crippen molar-refractivity contribution in [2.24, 2.45) is 0 Å². The van der Waals surface area contributed by atoms with Crippen molar-refractivity contribution < 1.29 is 4.74 Å². The molecule has 0 aromatic carbocycles. The smallest absolute Gasteiger partial charge is 0.117 e. The van der Waals surface area contributed by atoms with E-state index in [0.29, 0.717) is 0 Å². The first-order valence-corrected chi connectivity index (χ1v) is 3.52. The second kappa shape index (κ2) is 3.30. The van der Waals surface area contributed by atoms with Gasteiger partial charge in [-0.2, -0.15) is 0 Å². The molecule has 1 heterocycles. The summed E-state index contributed by atoms with van der Waals surface area (Å²) in [6, 6.07) is 0. The van der Waals surface area contributed by atoms with E-state index in [1.807, 2.05) is 20.0 Å². The van der Waals surface area contributed by atoms with Crippen LogP contribution < -0.4 is 5.32 Å². The Morgan fingerprint density at radius 2 is 2.60 bits per heavy atom. The maximum absolute atomic E-state index is 5.27. The topological polar surface area (TPSA) is 21.3 Å². The minimum Gasteiger partial charge on any atom is -0.494 e. The van der Waals surface area contributed by atoms with Crippen LogP contribution in [0.5, 0.6) is 0 Å². The summed E-state index contributed by atoms with van der Waals surface area (Å²) in [6.07, 6.45) is 5.15. The first-order valence-electron chi connectivity index (χ1n) is 3.52. The standard InChI is InChI=1S/C8H13NO/c1-7(9-2)6-8-4-3-5-10-8/h4,6,9H,3,5H2,1-2H3/b7-6+. The predicted octanol–water partition coefficient (Wildman–Crippen LogP) is 1.41. The molecule has 0 amide bonds. The summed E-state index contributed by atoms with van der Waals surface area (Å²) in [5.41, 5.74) is 1.13. The Balaban J connectivity index is 2.50. The normalized spacial score (nSPS) is 18.2. The number of nitrogens with one attached hydrogen (secondary N) is 1. The van der Waals surface area contributed by atoms with E-state index >= 15 is 0 Å². The third-order valence-electron chi connectivity index (χ3n) is 1.49. The zero-order chi connectivity index (χ0) is 7.40. The Kier molecular flexibility index (Phi) is 2.37. The molecule has 0 saturated heterocycles. The van der Waals surface area contributed by atoms with Crippen LogP contribution in [0.25, 0.3) is 0 Å². The number of hydrogen-bond donors (Lipinski definition) is 1. The van der Waals surface area contributed by atoms with Crippen LogP contribution in [0.15, 0.2) is 23.6 Å². The zero-order valence-corrected chi connectivity index (χ0v) is 6.48. The van der Waals surface area contributed by atoms with Gasteiger partial charge in [0.15, 0.2) is 0 Å². The Morgan fingerprint density at radius 3 is 3.10 bits per heavy atom. The predicted molar refractivity (Wildman–Crippen MR) is 41.5 cm³/mol. The highest BCUT2D eigenvalue weighted by molar-refractivity contribution is 5.18. The third kappa shape index (κ3) is 1.79. The fourth-order valence-corrected chi connectivity index (χ4v) is 0.823. The van der Waals surface area contributed by atoms with E-state index in [9.17, 15) is 0 Å². The molecule has 0 spiro atoms. The van der Waals surface area contributed by atoms with Crippen molar-refractivity contribution in [2.45, 2.75) is 13.3 Å². The number of hydrogen-bond acceptors (Lipinski definition) is 2. The minimum absolute atomic E-state index is 0.836. The van der Waals surface area contributed by atoms with Crippen molar-refractivity contribution in [3.63, 3.8) is 0 Å². The highest BCUT2D eigenvalue weighted by atomic mass is 16.5. The highest BCUT2D eigenvalue weighted by Crippen LogP contribution is 2.10. The van der Waals surface area contributed by atoms with E-state index in [1.165, 1.54) is 0 Å². The van der Waals surface area contributed by atoms with Crippen LogP contribution in [0.1, 0.15) is 13.3 Å². The van der Waals surface area contributed by atoms with Gasteiger partial charge in [-0.15, -0.1) is 0 Å². The first-order chi connectivity index (χ1) is 4.83. The lowest BCUT2D eigenvalue weighted by Crippen LogP contribution is -2.01. The lowest BCUT2D eigenvalue weighted by Gasteiger charge is -2.00. The molecule has 10 heavy (non-hydrogen) atoms. The van der Waals surface area contributed by atoms with Crippen LogP contribution in [0.3, 0.4) is 0 Å². The van der Waals surface area contributed by atoms with Gasteiger partial charge in [0.05, 0.1) is 6.61 Å². The third-order valence-corrected chi connectivity index (χ3v) is 1.49. The molecule has 0 radical (unpaired) electrons. The molecule has 0 aromatic rings. The largest absolute Gasteiger partial charge is 0.494 e. The SMILES string of the molecule is CN/C(C)=C/C1=CCCO1. The number of ether oxygens (including phenoxy) is 1. The quantitative estimate of drug-likeness (QED) is 0.624. The number of allylic oxidation sites excluding steroid dienone is 2. The summed E-state index contributed by atoms with van der Waals surface area (Å²) in [5, 5.41) is 3.03. The van der Waals surface area contributed by atoms with Gasteiger partial charge in [0.2, 0.25) is 0 Å². The fraction of sp³-hybridized carbons (Fsp3) is 0.500. The van der Waals surface area contributed by atoms with Crippen LogP contribution >= 0.6 is 0 Å². The molecule has 0 aromatic heterocycles. The van der Waals surface area contributed by atoms with Gasteiger partial charge in [-0.25, -0.2) is 0 Å². The lowest BCUT2D eigenvalue weighted by atomic mass is 10.3. The van der Waals surface area contributed by atoms with Crippen molar-refractivity contribution >= 4 is 0 Å². The molecule has 0 bridgehead atoms. The Labute approximate surface area is 61.6 Å². The molecule has 1 aliphatic heterocycles. The molecule has 0 aliphatic carbocycles. The summed E-state index contributed by atoms with van der Waals surface area (Å²) in [7, 11) is 1.90. The molecular formula is C8H13NO. The molecule has 0 unspecified atom stereocenters. The van der Waals surface area contributed by atoms with Crippen molar-refractivity contribution in [2.75, 3.05) is 13.7 Å².